The van der Waals surface area contributed by atoms with Gasteiger partial charge in [0.2, 0.25) is 0 Å². The summed E-state index contributed by atoms with van der Waals surface area (Å²) in [4.78, 5) is 2.59. The quantitative estimate of drug-likeness (QED) is 0.902. The molecule has 2 nitrogen and oxygen atoms in total. The van der Waals surface area contributed by atoms with Crippen molar-refractivity contribution < 1.29 is 0 Å². The predicted octanol–water partition coefficient (Wildman–Crippen LogP) is 3.19. The maximum Gasteiger partial charge on any atom is 0.0337 e. The zero-order valence-electron chi connectivity index (χ0n) is 10.8. The van der Waals surface area contributed by atoms with Crippen molar-refractivity contribution >= 4 is 15.9 Å². The third-order valence-corrected chi connectivity index (χ3v) is 4.41. The molecule has 1 aromatic carbocycles. The Morgan fingerprint density at radius 1 is 1.35 bits per heavy atom. The summed E-state index contributed by atoms with van der Waals surface area (Å²) in [6.45, 7) is 10.2. The standard InChI is InChI=1S/C14H21BrN2/c1-11(12-6-4-5-7-13(12)15)17-9-8-16-10-14(17,2)3/h4-7,11,16H,8-10H2,1-3H3. The molecule has 94 valence electrons. The monoisotopic (exact) mass is 296 g/mol. The van der Waals surface area contributed by atoms with E-state index in [-0.39, 0.29) is 5.54 Å². The number of nitrogens with zero attached hydrogens (tertiary/aromatic N) is 1. The second kappa shape index (κ2) is 5.09. The van der Waals surface area contributed by atoms with Crippen LogP contribution in [0.2, 0.25) is 0 Å². The first-order valence-electron chi connectivity index (χ1n) is 6.24. The van der Waals surface area contributed by atoms with Crippen LogP contribution in [0.5, 0.6) is 0 Å². The fourth-order valence-electron chi connectivity index (χ4n) is 2.70. The van der Waals surface area contributed by atoms with E-state index in [9.17, 15) is 0 Å². The van der Waals surface area contributed by atoms with Crippen molar-refractivity contribution in [3.05, 3.63) is 34.3 Å². The fraction of sp³-hybridized carbons (Fsp3) is 0.571. The van der Waals surface area contributed by atoms with Gasteiger partial charge in [0.25, 0.3) is 0 Å². The summed E-state index contributed by atoms with van der Waals surface area (Å²) in [7, 11) is 0. The number of benzene rings is 1. The molecule has 17 heavy (non-hydrogen) atoms. The normalized spacial score (nSPS) is 22.4. The van der Waals surface area contributed by atoms with E-state index in [1.165, 1.54) is 10.0 Å². The maximum atomic E-state index is 3.66. The van der Waals surface area contributed by atoms with Gasteiger partial charge in [-0.3, -0.25) is 4.90 Å². The molecule has 1 aliphatic rings. The van der Waals surface area contributed by atoms with Crippen molar-refractivity contribution in [2.24, 2.45) is 0 Å². The summed E-state index contributed by atoms with van der Waals surface area (Å²) in [5.74, 6) is 0. The highest BCUT2D eigenvalue weighted by Crippen LogP contribution is 2.32. The van der Waals surface area contributed by atoms with Crippen LogP contribution < -0.4 is 5.32 Å². The van der Waals surface area contributed by atoms with Gasteiger partial charge in [-0.25, -0.2) is 0 Å². The van der Waals surface area contributed by atoms with Gasteiger partial charge in [-0.15, -0.1) is 0 Å². The lowest BCUT2D eigenvalue weighted by Gasteiger charge is -2.46. The van der Waals surface area contributed by atoms with Crippen molar-refractivity contribution in [1.82, 2.24) is 10.2 Å². The van der Waals surface area contributed by atoms with Crippen LogP contribution in [0.4, 0.5) is 0 Å². The first kappa shape index (κ1) is 13.1. The minimum Gasteiger partial charge on any atom is -0.314 e. The molecule has 1 heterocycles. The third kappa shape index (κ3) is 2.72. The zero-order chi connectivity index (χ0) is 12.5. The summed E-state index contributed by atoms with van der Waals surface area (Å²) in [6, 6.07) is 8.98. The van der Waals surface area contributed by atoms with Crippen molar-refractivity contribution in [1.29, 1.82) is 0 Å². The minimum absolute atomic E-state index is 0.215. The highest BCUT2D eigenvalue weighted by Gasteiger charge is 2.33. The largest absolute Gasteiger partial charge is 0.314 e. The number of rotatable bonds is 2. The first-order chi connectivity index (χ1) is 8.02. The molecule has 2 rings (SSSR count). The summed E-state index contributed by atoms with van der Waals surface area (Å²) in [5, 5.41) is 3.47. The molecule has 0 amide bonds. The van der Waals surface area contributed by atoms with Gasteiger partial charge in [0.1, 0.15) is 0 Å². The summed E-state index contributed by atoms with van der Waals surface area (Å²) in [5.41, 5.74) is 1.59. The zero-order valence-corrected chi connectivity index (χ0v) is 12.4. The molecule has 0 spiro atoms. The molecular formula is C14H21BrN2. The van der Waals surface area contributed by atoms with E-state index in [0.717, 1.165) is 19.6 Å². The fourth-order valence-corrected chi connectivity index (χ4v) is 3.31. The Labute approximate surface area is 113 Å². The molecule has 0 radical (unpaired) electrons. The minimum atomic E-state index is 0.215. The third-order valence-electron chi connectivity index (χ3n) is 3.69. The molecule has 0 saturated carbocycles. The number of piperazine rings is 1. The molecule has 0 aromatic heterocycles. The molecule has 1 unspecified atom stereocenters. The van der Waals surface area contributed by atoms with Crippen LogP contribution in [-0.2, 0) is 0 Å². The lowest BCUT2D eigenvalue weighted by atomic mass is 9.95. The van der Waals surface area contributed by atoms with Gasteiger partial charge in [0.05, 0.1) is 0 Å². The van der Waals surface area contributed by atoms with Crippen LogP contribution in [0.3, 0.4) is 0 Å². The molecule has 1 atom stereocenters. The van der Waals surface area contributed by atoms with Gasteiger partial charge in [-0.1, -0.05) is 34.1 Å². The first-order valence-corrected chi connectivity index (χ1v) is 7.03. The molecular weight excluding hydrogens is 276 g/mol. The van der Waals surface area contributed by atoms with Crippen LogP contribution in [0.15, 0.2) is 28.7 Å². The SMILES string of the molecule is CC(c1ccccc1Br)N1CCNCC1(C)C. The van der Waals surface area contributed by atoms with E-state index >= 15 is 0 Å². The van der Waals surface area contributed by atoms with E-state index in [1.54, 1.807) is 0 Å². The van der Waals surface area contributed by atoms with Crippen molar-refractivity contribution in [2.45, 2.75) is 32.4 Å². The van der Waals surface area contributed by atoms with E-state index < -0.39 is 0 Å². The number of halogens is 1. The Bertz CT molecular complexity index is 390. The highest BCUT2D eigenvalue weighted by molar-refractivity contribution is 9.10. The second-order valence-corrected chi connectivity index (χ2v) is 6.23. The molecule has 0 bridgehead atoms. The highest BCUT2D eigenvalue weighted by atomic mass is 79.9. The lowest BCUT2D eigenvalue weighted by Crippen LogP contribution is -2.58. The van der Waals surface area contributed by atoms with Crippen LogP contribution in [-0.4, -0.2) is 30.1 Å². The van der Waals surface area contributed by atoms with E-state index in [0.29, 0.717) is 6.04 Å². The Morgan fingerprint density at radius 2 is 2.06 bits per heavy atom. The molecule has 1 fully saturated rings. The van der Waals surface area contributed by atoms with Crippen LogP contribution in [0, 0.1) is 0 Å². The number of hydrogen-bond acceptors (Lipinski definition) is 2. The van der Waals surface area contributed by atoms with Gasteiger partial charge >= 0.3 is 0 Å². The summed E-state index contributed by atoms with van der Waals surface area (Å²) in [6.07, 6.45) is 0. The van der Waals surface area contributed by atoms with Gasteiger partial charge < -0.3 is 5.32 Å². The number of nitrogens with one attached hydrogen (secondary N) is 1. The smallest absolute Gasteiger partial charge is 0.0337 e. The molecule has 0 aliphatic carbocycles. The van der Waals surface area contributed by atoms with E-state index in [1.807, 2.05) is 0 Å². The molecule has 3 heteroatoms. The van der Waals surface area contributed by atoms with Crippen LogP contribution in [0.1, 0.15) is 32.4 Å². The van der Waals surface area contributed by atoms with Gasteiger partial charge in [0.15, 0.2) is 0 Å². The Kier molecular flexibility index (Phi) is 3.91. The van der Waals surface area contributed by atoms with Gasteiger partial charge in [-0.2, -0.15) is 0 Å². The molecule has 1 aliphatic heterocycles. The molecule has 1 saturated heterocycles. The second-order valence-electron chi connectivity index (χ2n) is 5.38. The Morgan fingerprint density at radius 3 is 2.71 bits per heavy atom. The average Bonchev–Trinajstić information content (AvgIpc) is 2.28. The molecule has 1 aromatic rings. The lowest BCUT2D eigenvalue weighted by molar-refractivity contribution is 0.0514. The van der Waals surface area contributed by atoms with Crippen LogP contribution >= 0.6 is 15.9 Å². The van der Waals surface area contributed by atoms with Crippen molar-refractivity contribution in [3.8, 4) is 0 Å². The van der Waals surface area contributed by atoms with Crippen LogP contribution in [0.25, 0.3) is 0 Å². The summed E-state index contributed by atoms with van der Waals surface area (Å²) < 4.78 is 1.21. The van der Waals surface area contributed by atoms with Gasteiger partial charge in [0, 0.05) is 35.7 Å². The Hall–Kier alpha value is -0.380. The molecule has 1 N–H and O–H groups in total. The maximum absolute atomic E-state index is 3.66. The number of hydrogen-bond donors (Lipinski definition) is 1. The van der Waals surface area contributed by atoms with E-state index in [2.05, 4.69) is 71.2 Å². The van der Waals surface area contributed by atoms with Gasteiger partial charge in [-0.05, 0) is 32.4 Å². The summed E-state index contributed by atoms with van der Waals surface area (Å²) >= 11 is 3.66. The average molecular weight is 297 g/mol. The van der Waals surface area contributed by atoms with Crippen molar-refractivity contribution in [3.63, 3.8) is 0 Å². The topological polar surface area (TPSA) is 15.3 Å². The van der Waals surface area contributed by atoms with Crippen molar-refractivity contribution in [2.75, 3.05) is 19.6 Å². The predicted molar refractivity (Wildman–Crippen MR) is 76.2 cm³/mol. The van der Waals surface area contributed by atoms with E-state index in [4.69, 9.17) is 0 Å². The Balaban J connectivity index is 2.25.